The molecule has 2 amide bonds. The number of aromatic nitrogens is 4. The van der Waals surface area contributed by atoms with Crippen molar-refractivity contribution < 1.29 is 14.2 Å². The molecule has 1 saturated heterocycles. The van der Waals surface area contributed by atoms with Crippen LogP contribution in [-0.4, -0.2) is 49.1 Å². The van der Waals surface area contributed by atoms with Crippen molar-refractivity contribution in [3.8, 4) is 0 Å². The van der Waals surface area contributed by atoms with Crippen molar-refractivity contribution >= 4 is 11.8 Å². The number of likely N-dealkylation sites (tertiary alicyclic amines) is 1. The van der Waals surface area contributed by atoms with Crippen LogP contribution in [0.5, 0.6) is 0 Å². The van der Waals surface area contributed by atoms with E-state index in [9.17, 15) is 9.59 Å². The Balaban J connectivity index is 1.76. The lowest BCUT2D eigenvalue weighted by molar-refractivity contribution is -0.133. The van der Waals surface area contributed by atoms with Gasteiger partial charge in [-0.1, -0.05) is 24.2 Å². The van der Waals surface area contributed by atoms with Crippen LogP contribution in [0.1, 0.15) is 73.5 Å². The molecule has 1 aliphatic heterocycles. The van der Waals surface area contributed by atoms with Crippen molar-refractivity contribution in [3.63, 3.8) is 0 Å². The third-order valence-corrected chi connectivity index (χ3v) is 5.22. The van der Waals surface area contributed by atoms with Crippen molar-refractivity contribution in [2.45, 2.75) is 65.0 Å². The zero-order valence-corrected chi connectivity index (χ0v) is 16.7. The van der Waals surface area contributed by atoms with Crippen molar-refractivity contribution in [3.05, 3.63) is 35.2 Å². The maximum absolute atomic E-state index is 13.1. The summed E-state index contributed by atoms with van der Waals surface area (Å²) in [5.41, 5.74) is 0.645. The predicted octanol–water partition coefficient (Wildman–Crippen LogP) is 1.99. The van der Waals surface area contributed by atoms with Gasteiger partial charge in [0, 0.05) is 24.9 Å². The molecule has 9 nitrogen and oxygen atoms in total. The normalized spacial score (nSPS) is 19.7. The number of nitrogens with zero attached hydrogens (tertiary/aromatic N) is 5. The van der Waals surface area contributed by atoms with Gasteiger partial charge in [0.1, 0.15) is 22.8 Å². The van der Waals surface area contributed by atoms with E-state index >= 15 is 0 Å². The Labute approximate surface area is 163 Å². The molecule has 9 heteroatoms. The van der Waals surface area contributed by atoms with E-state index in [1.54, 1.807) is 31.1 Å². The van der Waals surface area contributed by atoms with Gasteiger partial charge in [0.05, 0.1) is 12.1 Å². The van der Waals surface area contributed by atoms with Gasteiger partial charge in [0.25, 0.3) is 5.91 Å². The van der Waals surface area contributed by atoms with Crippen LogP contribution in [0.25, 0.3) is 0 Å². The molecule has 2 aromatic rings. The van der Waals surface area contributed by atoms with E-state index in [1.165, 1.54) is 0 Å². The third-order valence-electron chi connectivity index (χ3n) is 5.22. The standard InChI is InChI=1S/C19H26N6O3/c1-12(2)16-20-9-14(10-21-16)17(26)25-8-6-5-7-19(25,4)18(27)22-11-15-13(3)23-28-24-15/h9-10,12H,5-8,11H2,1-4H3,(H,22,27)/t19-/m1/s1. The average molecular weight is 386 g/mol. The lowest BCUT2D eigenvalue weighted by Crippen LogP contribution is -2.60. The summed E-state index contributed by atoms with van der Waals surface area (Å²) in [6.07, 6.45) is 5.41. The van der Waals surface area contributed by atoms with Gasteiger partial charge in [-0.2, -0.15) is 0 Å². The first-order valence-corrected chi connectivity index (χ1v) is 9.53. The number of hydrogen-bond donors (Lipinski definition) is 1. The fourth-order valence-electron chi connectivity index (χ4n) is 3.35. The molecule has 3 heterocycles. The number of nitrogens with one attached hydrogen (secondary N) is 1. The molecule has 1 fully saturated rings. The highest BCUT2D eigenvalue weighted by atomic mass is 16.6. The first kappa shape index (κ1) is 19.9. The zero-order valence-electron chi connectivity index (χ0n) is 16.7. The van der Waals surface area contributed by atoms with Gasteiger partial charge in [-0.3, -0.25) is 9.59 Å². The molecule has 0 saturated carbocycles. The van der Waals surface area contributed by atoms with Crippen molar-refractivity contribution in [2.75, 3.05) is 6.54 Å². The molecule has 0 aromatic carbocycles. The number of piperidine rings is 1. The van der Waals surface area contributed by atoms with Crippen molar-refractivity contribution in [2.24, 2.45) is 0 Å². The lowest BCUT2D eigenvalue weighted by Gasteiger charge is -2.43. The summed E-state index contributed by atoms with van der Waals surface area (Å²) in [7, 11) is 0. The van der Waals surface area contributed by atoms with E-state index in [4.69, 9.17) is 0 Å². The monoisotopic (exact) mass is 386 g/mol. The van der Waals surface area contributed by atoms with Crippen LogP contribution in [0.15, 0.2) is 17.0 Å². The van der Waals surface area contributed by atoms with Crippen LogP contribution >= 0.6 is 0 Å². The number of rotatable bonds is 5. The maximum atomic E-state index is 13.1. The Morgan fingerprint density at radius 3 is 2.57 bits per heavy atom. The van der Waals surface area contributed by atoms with Crippen LogP contribution in [-0.2, 0) is 11.3 Å². The average Bonchev–Trinajstić information content (AvgIpc) is 3.10. The van der Waals surface area contributed by atoms with Gasteiger partial charge >= 0.3 is 0 Å². The molecular formula is C19H26N6O3. The second-order valence-electron chi connectivity index (χ2n) is 7.65. The summed E-state index contributed by atoms with van der Waals surface area (Å²) in [5, 5.41) is 10.4. The van der Waals surface area contributed by atoms with Crippen LogP contribution in [0, 0.1) is 6.92 Å². The van der Waals surface area contributed by atoms with E-state index in [1.807, 2.05) is 13.8 Å². The van der Waals surface area contributed by atoms with E-state index in [0.29, 0.717) is 35.7 Å². The highest BCUT2D eigenvalue weighted by molar-refractivity contribution is 5.98. The largest absolute Gasteiger partial charge is 0.348 e. The molecule has 1 atom stereocenters. The molecule has 2 aromatic heterocycles. The topological polar surface area (TPSA) is 114 Å². The molecule has 150 valence electrons. The fraction of sp³-hybridized carbons (Fsp3) is 0.579. The molecule has 1 N–H and O–H groups in total. The van der Waals surface area contributed by atoms with Crippen molar-refractivity contribution in [1.29, 1.82) is 0 Å². The minimum absolute atomic E-state index is 0.185. The number of aryl methyl sites for hydroxylation is 1. The number of amides is 2. The zero-order chi connectivity index (χ0) is 20.3. The Morgan fingerprint density at radius 2 is 1.96 bits per heavy atom. The van der Waals surface area contributed by atoms with E-state index in [2.05, 4.69) is 30.2 Å². The first-order valence-electron chi connectivity index (χ1n) is 9.53. The van der Waals surface area contributed by atoms with Gasteiger partial charge in [-0.25, -0.2) is 14.6 Å². The highest BCUT2D eigenvalue weighted by Gasteiger charge is 2.44. The predicted molar refractivity (Wildman–Crippen MR) is 100 cm³/mol. The molecule has 0 radical (unpaired) electrons. The number of carbonyl (C=O) groups excluding carboxylic acids is 2. The van der Waals surface area contributed by atoms with Crippen LogP contribution in [0.2, 0.25) is 0 Å². The smallest absolute Gasteiger partial charge is 0.257 e. The second kappa shape index (κ2) is 8.04. The maximum Gasteiger partial charge on any atom is 0.257 e. The summed E-state index contributed by atoms with van der Waals surface area (Å²) < 4.78 is 4.66. The summed E-state index contributed by atoms with van der Waals surface area (Å²) >= 11 is 0. The first-order chi connectivity index (χ1) is 13.3. The minimum Gasteiger partial charge on any atom is -0.348 e. The molecular weight excluding hydrogens is 360 g/mol. The molecule has 0 spiro atoms. The minimum atomic E-state index is -0.947. The number of carbonyl (C=O) groups is 2. The Bertz CT molecular complexity index is 848. The summed E-state index contributed by atoms with van der Waals surface area (Å²) in [5.74, 6) is 0.423. The van der Waals surface area contributed by atoms with Gasteiger partial charge in [-0.05, 0) is 33.1 Å². The van der Waals surface area contributed by atoms with Crippen LogP contribution < -0.4 is 5.32 Å². The Morgan fingerprint density at radius 1 is 1.25 bits per heavy atom. The molecule has 1 aliphatic rings. The molecule has 0 bridgehead atoms. The number of hydrogen-bond acceptors (Lipinski definition) is 7. The Kier molecular flexibility index (Phi) is 5.71. The van der Waals surface area contributed by atoms with Gasteiger partial charge < -0.3 is 10.2 Å². The highest BCUT2D eigenvalue weighted by Crippen LogP contribution is 2.30. The van der Waals surface area contributed by atoms with Crippen LogP contribution in [0.4, 0.5) is 0 Å². The van der Waals surface area contributed by atoms with Gasteiger partial charge in [0.15, 0.2) is 0 Å². The Hall–Kier alpha value is -2.84. The van der Waals surface area contributed by atoms with Gasteiger partial charge in [-0.15, -0.1) is 0 Å². The lowest BCUT2D eigenvalue weighted by atomic mass is 9.86. The summed E-state index contributed by atoms with van der Waals surface area (Å²) in [6, 6.07) is 0. The van der Waals surface area contributed by atoms with E-state index < -0.39 is 5.54 Å². The second-order valence-corrected chi connectivity index (χ2v) is 7.65. The van der Waals surface area contributed by atoms with Gasteiger partial charge in [0.2, 0.25) is 5.91 Å². The SMILES string of the molecule is Cc1nonc1CNC(=O)[C@@]1(C)CCCCN1C(=O)c1cnc(C(C)C)nc1. The van der Waals surface area contributed by atoms with Crippen LogP contribution in [0.3, 0.4) is 0 Å². The molecule has 28 heavy (non-hydrogen) atoms. The fourth-order valence-corrected chi connectivity index (χ4v) is 3.35. The van der Waals surface area contributed by atoms with Crippen molar-refractivity contribution in [1.82, 2.24) is 30.5 Å². The summed E-state index contributed by atoms with van der Waals surface area (Å²) in [4.78, 5) is 36.3. The van der Waals surface area contributed by atoms with E-state index in [0.717, 1.165) is 12.8 Å². The summed E-state index contributed by atoms with van der Waals surface area (Å²) in [6.45, 7) is 8.27. The molecule has 3 rings (SSSR count). The molecule has 0 unspecified atom stereocenters. The third kappa shape index (κ3) is 3.88. The quantitative estimate of drug-likeness (QED) is 0.836. The van der Waals surface area contributed by atoms with E-state index in [-0.39, 0.29) is 24.3 Å². The molecule has 0 aliphatic carbocycles.